The highest BCUT2D eigenvalue weighted by atomic mass is 32.2. The zero-order valence-electron chi connectivity index (χ0n) is 15.7. The van der Waals surface area contributed by atoms with Gasteiger partial charge in [-0.3, -0.25) is 9.45 Å². The van der Waals surface area contributed by atoms with Gasteiger partial charge in [0.1, 0.15) is 0 Å². The van der Waals surface area contributed by atoms with Crippen LogP contribution in [0.1, 0.15) is 69.9 Å². The van der Waals surface area contributed by atoms with Gasteiger partial charge in [-0.25, -0.2) is 0 Å². The van der Waals surface area contributed by atoms with E-state index in [-0.39, 0.29) is 11.2 Å². The first kappa shape index (κ1) is 20.4. The van der Waals surface area contributed by atoms with Crippen molar-refractivity contribution < 1.29 is 13.0 Å². The number of hydrogen-bond acceptors (Lipinski definition) is 3. The quantitative estimate of drug-likeness (QED) is 0.623. The van der Waals surface area contributed by atoms with Gasteiger partial charge < -0.3 is 0 Å². The molecule has 4 nitrogen and oxygen atoms in total. The maximum absolute atomic E-state index is 11.0. The fraction of sp³-hybridized carbons (Fsp3) is 0.700. The molecule has 1 heterocycles. The minimum atomic E-state index is -3.87. The number of benzene rings is 1. The van der Waals surface area contributed by atoms with E-state index in [1.54, 1.807) is 0 Å². The van der Waals surface area contributed by atoms with Crippen LogP contribution >= 0.6 is 0 Å². The van der Waals surface area contributed by atoms with Crippen LogP contribution < -0.4 is 0 Å². The second-order valence-electron chi connectivity index (χ2n) is 7.49. The fourth-order valence-corrected chi connectivity index (χ4v) is 4.69. The third kappa shape index (κ3) is 5.80. The van der Waals surface area contributed by atoms with Crippen LogP contribution in [0.15, 0.2) is 24.3 Å². The van der Waals surface area contributed by atoms with Crippen LogP contribution in [-0.4, -0.2) is 36.7 Å². The van der Waals surface area contributed by atoms with Crippen molar-refractivity contribution in [3.05, 3.63) is 35.4 Å². The molecule has 0 amide bonds. The smallest absolute Gasteiger partial charge is 0.264 e. The van der Waals surface area contributed by atoms with Gasteiger partial charge in [0.25, 0.3) is 10.1 Å². The Morgan fingerprint density at radius 3 is 2.32 bits per heavy atom. The van der Waals surface area contributed by atoms with Crippen LogP contribution in [-0.2, 0) is 22.1 Å². The lowest BCUT2D eigenvalue weighted by atomic mass is 9.69. The van der Waals surface area contributed by atoms with Crippen molar-refractivity contribution in [2.75, 3.05) is 18.8 Å². The first-order valence-electron chi connectivity index (χ1n) is 9.66. The molecule has 0 spiro atoms. The third-order valence-corrected chi connectivity index (χ3v) is 6.21. The van der Waals surface area contributed by atoms with Gasteiger partial charge in [0, 0.05) is 18.5 Å². The van der Waals surface area contributed by atoms with Crippen molar-refractivity contribution >= 4 is 10.1 Å². The van der Waals surface area contributed by atoms with Crippen molar-refractivity contribution in [3.63, 3.8) is 0 Å². The largest absolute Gasteiger partial charge is 0.298 e. The van der Waals surface area contributed by atoms with E-state index < -0.39 is 10.1 Å². The summed E-state index contributed by atoms with van der Waals surface area (Å²) in [5.41, 5.74) is 3.06. The van der Waals surface area contributed by atoms with E-state index in [4.69, 9.17) is 4.55 Å². The summed E-state index contributed by atoms with van der Waals surface area (Å²) in [6.07, 6.45) is 7.69. The van der Waals surface area contributed by atoms with Crippen LogP contribution in [0.4, 0.5) is 0 Å². The van der Waals surface area contributed by atoms with E-state index in [0.29, 0.717) is 13.0 Å². The number of rotatable bonds is 10. The first-order chi connectivity index (χ1) is 11.9. The molecule has 1 aromatic carbocycles. The van der Waals surface area contributed by atoms with Crippen molar-refractivity contribution in [2.24, 2.45) is 0 Å². The lowest BCUT2D eigenvalue weighted by Crippen LogP contribution is -2.46. The average molecular weight is 368 g/mol. The van der Waals surface area contributed by atoms with Crippen molar-refractivity contribution in [1.82, 2.24) is 4.90 Å². The number of unbranched alkanes of at least 4 members (excludes halogenated alkanes) is 2. The molecule has 25 heavy (non-hydrogen) atoms. The Morgan fingerprint density at radius 2 is 1.72 bits per heavy atom. The molecule has 0 saturated carbocycles. The molecule has 0 atom stereocenters. The van der Waals surface area contributed by atoms with Crippen LogP contribution in [0.5, 0.6) is 0 Å². The van der Waals surface area contributed by atoms with E-state index >= 15 is 0 Å². The zero-order valence-corrected chi connectivity index (χ0v) is 16.5. The Kier molecular flexibility index (Phi) is 7.47. The summed E-state index contributed by atoms with van der Waals surface area (Å²) < 4.78 is 31.0. The molecule has 0 fully saturated rings. The molecule has 1 N–H and O–H groups in total. The number of nitrogens with zero attached hydrogens (tertiary/aromatic N) is 1. The Bertz CT molecular complexity index is 634. The summed E-state index contributed by atoms with van der Waals surface area (Å²) in [4.78, 5) is 2.39. The first-order valence-corrected chi connectivity index (χ1v) is 11.3. The third-order valence-electron chi connectivity index (χ3n) is 5.40. The monoisotopic (exact) mass is 367 g/mol. The van der Waals surface area contributed by atoms with E-state index in [0.717, 1.165) is 13.1 Å². The normalized spacial score (nSPS) is 17.4. The summed E-state index contributed by atoms with van der Waals surface area (Å²) in [5.74, 6) is -0.151. The van der Waals surface area contributed by atoms with Crippen molar-refractivity contribution in [3.8, 4) is 0 Å². The molecule has 0 radical (unpaired) electrons. The molecule has 0 aliphatic carbocycles. The molecule has 1 aliphatic heterocycles. The SMILES string of the molecule is CCCCC1(CCCC)CN(CCCS(=O)(=O)O)Cc2ccccc21. The van der Waals surface area contributed by atoms with Gasteiger partial charge in [-0.2, -0.15) is 8.42 Å². The summed E-state index contributed by atoms with van der Waals surface area (Å²) in [6.45, 7) is 7.07. The number of hydrogen-bond donors (Lipinski definition) is 1. The maximum Gasteiger partial charge on any atom is 0.264 e. The molecule has 1 aliphatic rings. The van der Waals surface area contributed by atoms with E-state index in [1.807, 2.05) is 0 Å². The van der Waals surface area contributed by atoms with Gasteiger partial charge in [-0.05, 0) is 36.9 Å². The number of fused-ring (bicyclic) bond motifs is 1. The van der Waals surface area contributed by atoms with E-state index in [1.165, 1.54) is 49.7 Å². The van der Waals surface area contributed by atoms with Gasteiger partial charge in [0.2, 0.25) is 0 Å². The highest BCUT2D eigenvalue weighted by molar-refractivity contribution is 7.85. The van der Waals surface area contributed by atoms with Crippen molar-refractivity contribution in [1.29, 1.82) is 0 Å². The molecule has 0 saturated heterocycles. The Morgan fingerprint density at radius 1 is 1.08 bits per heavy atom. The Labute approximate surface area is 153 Å². The van der Waals surface area contributed by atoms with E-state index in [2.05, 4.69) is 43.0 Å². The molecule has 0 bridgehead atoms. The van der Waals surface area contributed by atoms with Gasteiger partial charge in [0.05, 0.1) is 5.75 Å². The van der Waals surface area contributed by atoms with Gasteiger partial charge in [-0.1, -0.05) is 63.8 Å². The predicted octanol–water partition coefficient (Wildman–Crippen LogP) is 4.40. The van der Waals surface area contributed by atoms with Crippen LogP contribution in [0.2, 0.25) is 0 Å². The maximum atomic E-state index is 11.0. The lowest BCUT2D eigenvalue weighted by Gasteiger charge is -2.45. The van der Waals surface area contributed by atoms with E-state index in [9.17, 15) is 8.42 Å². The van der Waals surface area contributed by atoms with Gasteiger partial charge >= 0.3 is 0 Å². The minimum Gasteiger partial charge on any atom is -0.298 e. The summed E-state index contributed by atoms with van der Waals surface area (Å²) >= 11 is 0. The van der Waals surface area contributed by atoms with Gasteiger partial charge in [0.15, 0.2) is 0 Å². The summed E-state index contributed by atoms with van der Waals surface area (Å²) in [6, 6.07) is 8.78. The molecule has 5 heteroatoms. The molecule has 0 aromatic heterocycles. The molecule has 2 rings (SSSR count). The average Bonchev–Trinajstić information content (AvgIpc) is 2.57. The summed E-state index contributed by atoms with van der Waals surface area (Å²) in [5, 5.41) is 0. The molecule has 142 valence electrons. The van der Waals surface area contributed by atoms with Crippen molar-refractivity contribution in [2.45, 2.75) is 70.8 Å². The highest BCUT2D eigenvalue weighted by Gasteiger charge is 2.38. The molecule has 1 aromatic rings. The second-order valence-corrected chi connectivity index (χ2v) is 9.07. The van der Waals surface area contributed by atoms with Crippen LogP contribution in [0.25, 0.3) is 0 Å². The summed E-state index contributed by atoms with van der Waals surface area (Å²) in [7, 11) is -3.87. The molecule has 0 unspecified atom stereocenters. The Balaban J connectivity index is 2.22. The second kappa shape index (κ2) is 9.15. The lowest BCUT2D eigenvalue weighted by molar-refractivity contribution is 0.155. The zero-order chi connectivity index (χ0) is 18.3. The van der Waals surface area contributed by atoms with Crippen LogP contribution in [0, 0.1) is 0 Å². The highest BCUT2D eigenvalue weighted by Crippen LogP contribution is 2.41. The van der Waals surface area contributed by atoms with Crippen LogP contribution in [0.3, 0.4) is 0 Å². The van der Waals surface area contributed by atoms with Gasteiger partial charge in [-0.15, -0.1) is 0 Å². The standard InChI is InChI=1S/C20H33NO3S/c1-3-5-12-20(13-6-4-2)17-21(14-9-15-25(22,23)24)16-18-10-7-8-11-19(18)20/h7-8,10-11H,3-6,9,12-17H2,1-2H3,(H,22,23,24). The molecular formula is C20H33NO3S. The topological polar surface area (TPSA) is 57.6 Å². The fourth-order valence-electron chi connectivity index (χ4n) is 4.20. The Hall–Kier alpha value is -0.910. The minimum absolute atomic E-state index is 0.151. The molecular weight excluding hydrogens is 334 g/mol. The predicted molar refractivity (Wildman–Crippen MR) is 103 cm³/mol.